The quantitative estimate of drug-likeness (QED) is 0.631. The summed E-state index contributed by atoms with van der Waals surface area (Å²) in [4.78, 5) is 12.2. The summed E-state index contributed by atoms with van der Waals surface area (Å²) < 4.78 is 30.8. The highest BCUT2D eigenvalue weighted by Crippen LogP contribution is 2.28. The number of rotatable bonds is 8. The number of nitrogens with one attached hydrogen (secondary N) is 1. The first-order valence-corrected chi connectivity index (χ1v) is 12.3. The molecule has 0 radical (unpaired) electrons. The zero-order chi connectivity index (χ0) is 20.7. The number of sulfone groups is 1. The van der Waals surface area contributed by atoms with Gasteiger partial charge in [-0.1, -0.05) is 43.2 Å². The van der Waals surface area contributed by atoms with Gasteiger partial charge < -0.3 is 10.1 Å². The SMILES string of the molecule is CCOc1ccccc1NC(=O)CSc1ccc(S(=O)(=O)C2CCCCC2)nn1. The summed E-state index contributed by atoms with van der Waals surface area (Å²) in [6, 6.07) is 10.3. The molecule has 1 N–H and O–H groups in total. The van der Waals surface area contributed by atoms with Crippen molar-refractivity contribution in [3.05, 3.63) is 36.4 Å². The van der Waals surface area contributed by atoms with Crippen LogP contribution < -0.4 is 10.1 Å². The molecular formula is C20H25N3O4S2. The van der Waals surface area contributed by atoms with Gasteiger partial charge in [0.05, 0.1) is 23.3 Å². The van der Waals surface area contributed by atoms with Crippen LogP contribution in [0.3, 0.4) is 0 Å². The Hall–Kier alpha value is -2.13. The second-order valence-corrected chi connectivity index (χ2v) is 9.95. The average Bonchev–Trinajstić information content (AvgIpc) is 2.75. The highest BCUT2D eigenvalue weighted by molar-refractivity contribution is 7.99. The summed E-state index contributed by atoms with van der Waals surface area (Å²) in [6.45, 7) is 2.39. The predicted octanol–water partition coefficient (Wildman–Crippen LogP) is 3.71. The van der Waals surface area contributed by atoms with Crippen LogP contribution in [0.25, 0.3) is 0 Å². The molecule has 0 spiro atoms. The minimum atomic E-state index is -3.44. The first-order chi connectivity index (χ1) is 14.0. The molecule has 29 heavy (non-hydrogen) atoms. The summed E-state index contributed by atoms with van der Waals surface area (Å²) >= 11 is 1.20. The molecule has 1 heterocycles. The van der Waals surface area contributed by atoms with E-state index >= 15 is 0 Å². The molecule has 0 atom stereocenters. The van der Waals surface area contributed by atoms with E-state index in [9.17, 15) is 13.2 Å². The van der Waals surface area contributed by atoms with Crippen LogP contribution in [0, 0.1) is 0 Å². The number of para-hydroxylation sites is 2. The van der Waals surface area contributed by atoms with Crippen molar-refractivity contribution >= 4 is 33.2 Å². The summed E-state index contributed by atoms with van der Waals surface area (Å²) in [6.07, 6.45) is 4.33. The molecule has 0 aliphatic heterocycles. The van der Waals surface area contributed by atoms with Crippen LogP contribution in [-0.4, -0.2) is 42.1 Å². The Balaban J connectivity index is 1.57. The zero-order valence-electron chi connectivity index (χ0n) is 16.3. The lowest BCUT2D eigenvalue weighted by molar-refractivity contribution is -0.113. The number of hydrogen-bond acceptors (Lipinski definition) is 7. The molecule has 1 aliphatic rings. The summed E-state index contributed by atoms with van der Waals surface area (Å²) in [5, 5.41) is 10.9. The number of carbonyl (C=O) groups excluding carboxylic acids is 1. The number of aromatic nitrogens is 2. The van der Waals surface area contributed by atoms with Gasteiger partial charge in [-0.3, -0.25) is 4.79 Å². The van der Waals surface area contributed by atoms with E-state index in [2.05, 4.69) is 15.5 Å². The Labute approximate surface area is 175 Å². The molecule has 1 aromatic carbocycles. The van der Waals surface area contributed by atoms with E-state index in [-0.39, 0.29) is 21.9 Å². The smallest absolute Gasteiger partial charge is 0.234 e. The lowest BCUT2D eigenvalue weighted by atomic mass is 10.0. The fraction of sp³-hybridized carbons (Fsp3) is 0.450. The van der Waals surface area contributed by atoms with Gasteiger partial charge in [-0.05, 0) is 44.0 Å². The van der Waals surface area contributed by atoms with E-state index in [1.807, 2.05) is 19.1 Å². The standard InChI is InChI=1S/C20H25N3O4S2/c1-2-27-17-11-7-6-10-16(17)21-18(24)14-28-19-12-13-20(23-22-19)29(25,26)15-8-4-3-5-9-15/h6-7,10-13,15H,2-5,8-9,14H2,1H3,(H,21,24). The largest absolute Gasteiger partial charge is 0.492 e. The van der Waals surface area contributed by atoms with Crippen molar-refractivity contribution in [2.24, 2.45) is 0 Å². The average molecular weight is 436 g/mol. The number of anilines is 1. The van der Waals surface area contributed by atoms with Crippen LogP contribution in [0.15, 0.2) is 46.5 Å². The molecule has 1 aromatic heterocycles. The van der Waals surface area contributed by atoms with E-state index < -0.39 is 9.84 Å². The van der Waals surface area contributed by atoms with Gasteiger partial charge in [0.1, 0.15) is 10.8 Å². The highest BCUT2D eigenvalue weighted by atomic mass is 32.2. The molecule has 9 heteroatoms. The van der Waals surface area contributed by atoms with E-state index in [0.29, 0.717) is 35.9 Å². The van der Waals surface area contributed by atoms with E-state index in [0.717, 1.165) is 19.3 Å². The minimum Gasteiger partial charge on any atom is -0.492 e. The minimum absolute atomic E-state index is 0.0174. The number of benzene rings is 1. The third-order valence-electron chi connectivity index (χ3n) is 4.71. The number of carbonyl (C=O) groups is 1. The maximum atomic E-state index is 12.7. The zero-order valence-corrected chi connectivity index (χ0v) is 18.0. The molecule has 1 amide bonds. The Morgan fingerprint density at radius 3 is 2.59 bits per heavy atom. The van der Waals surface area contributed by atoms with Gasteiger partial charge in [0.2, 0.25) is 5.91 Å². The first kappa shape index (κ1) is 21.6. The molecule has 1 fully saturated rings. The van der Waals surface area contributed by atoms with Crippen molar-refractivity contribution in [1.82, 2.24) is 10.2 Å². The number of hydrogen-bond donors (Lipinski definition) is 1. The maximum Gasteiger partial charge on any atom is 0.234 e. The molecule has 1 aliphatic carbocycles. The predicted molar refractivity (Wildman–Crippen MR) is 113 cm³/mol. The Bertz CT molecular complexity index is 927. The number of amides is 1. The summed E-state index contributed by atoms with van der Waals surface area (Å²) in [5.74, 6) is 0.539. The second-order valence-electron chi connectivity index (χ2n) is 6.78. The fourth-order valence-electron chi connectivity index (χ4n) is 3.26. The number of thioether (sulfide) groups is 1. The number of nitrogens with zero attached hydrogens (tertiary/aromatic N) is 2. The molecule has 1 saturated carbocycles. The molecule has 3 rings (SSSR count). The van der Waals surface area contributed by atoms with Crippen LogP contribution >= 0.6 is 11.8 Å². The third kappa shape index (κ3) is 5.70. The van der Waals surface area contributed by atoms with Gasteiger partial charge in [0, 0.05) is 0 Å². The van der Waals surface area contributed by atoms with E-state index in [1.165, 1.54) is 17.8 Å². The third-order valence-corrected chi connectivity index (χ3v) is 7.78. The van der Waals surface area contributed by atoms with Crippen LogP contribution in [0.2, 0.25) is 0 Å². The number of ether oxygens (including phenoxy) is 1. The van der Waals surface area contributed by atoms with Gasteiger partial charge in [-0.25, -0.2) is 8.42 Å². The lowest BCUT2D eigenvalue weighted by Gasteiger charge is -2.20. The fourth-order valence-corrected chi connectivity index (χ4v) is 5.58. The Morgan fingerprint density at radius 2 is 1.90 bits per heavy atom. The van der Waals surface area contributed by atoms with Gasteiger partial charge in [0.25, 0.3) is 0 Å². The van der Waals surface area contributed by atoms with Gasteiger partial charge in [-0.15, -0.1) is 10.2 Å². The van der Waals surface area contributed by atoms with Gasteiger partial charge in [-0.2, -0.15) is 0 Å². The molecule has 156 valence electrons. The summed E-state index contributed by atoms with van der Waals surface area (Å²) in [7, 11) is -3.44. The lowest BCUT2D eigenvalue weighted by Crippen LogP contribution is -2.25. The van der Waals surface area contributed by atoms with Crippen LogP contribution in [-0.2, 0) is 14.6 Å². The van der Waals surface area contributed by atoms with Gasteiger partial charge in [0.15, 0.2) is 14.9 Å². The maximum absolute atomic E-state index is 12.7. The van der Waals surface area contributed by atoms with Crippen molar-refractivity contribution in [2.45, 2.75) is 54.3 Å². The van der Waals surface area contributed by atoms with Crippen LogP contribution in [0.1, 0.15) is 39.0 Å². The molecule has 0 saturated heterocycles. The Kier molecular flexibility index (Phi) is 7.49. The Morgan fingerprint density at radius 1 is 1.14 bits per heavy atom. The van der Waals surface area contributed by atoms with E-state index in [1.54, 1.807) is 18.2 Å². The molecule has 0 bridgehead atoms. The van der Waals surface area contributed by atoms with Crippen LogP contribution in [0.5, 0.6) is 5.75 Å². The van der Waals surface area contributed by atoms with Gasteiger partial charge >= 0.3 is 0 Å². The van der Waals surface area contributed by atoms with Crippen molar-refractivity contribution in [2.75, 3.05) is 17.7 Å². The van der Waals surface area contributed by atoms with Crippen molar-refractivity contribution in [1.29, 1.82) is 0 Å². The topological polar surface area (TPSA) is 98.2 Å². The van der Waals surface area contributed by atoms with Crippen molar-refractivity contribution in [3.8, 4) is 5.75 Å². The van der Waals surface area contributed by atoms with Crippen LogP contribution in [0.4, 0.5) is 5.69 Å². The molecular weight excluding hydrogens is 410 g/mol. The summed E-state index contributed by atoms with van der Waals surface area (Å²) in [5.41, 5.74) is 0.611. The monoisotopic (exact) mass is 435 g/mol. The highest BCUT2D eigenvalue weighted by Gasteiger charge is 2.30. The molecule has 2 aromatic rings. The normalized spacial score (nSPS) is 15.1. The van der Waals surface area contributed by atoms with Crippen molar-refractivity contribution < 1.29 is 17.9 Å². The van der Waals surface area contributed by atoms with Crippen molar-refractivity contribution in [3.63, 3.8) is 0 Å². The first-order valence-electron chi connectivity index (χ1n) is 9.73. The second kappa shape index (κ2) is 10.1. The molecule has 0 unspecified atom stereocenters. The molecule has 7 nitrogen and oxygen atoms in total. The van der Waals surface area contributed by atoms with E-state index in [4.69, 9.17) is 4.74 Å².